The molecule has 1 unspecified atom stereocenters. The van der Waals surface area contributed by atoms with Crippen LogP contribution in [0, 0.1) is 0 Å². The molecule has 0 saturated carbocycles. The molecule has 0 amide bonds. The van der Waals surface area contributed by atoms with Crippen LogP contribution in [0.15, 0.2) is 46.6 Å². The van der Waals surface area contributed by atoms with Gasteiger partial charge in [0, 0.05) is 26.2 Å². The second kappa shape index (κ2) is 17.9. The van der Waals surface area contributed by atoms with Crippen LogP contribution >= 0.6 is 0 Å². The predicted octanol–water partition coefficient (Wildman–Crippen LogP) is 7.90. The van der Waals surface area contributed by atoms with E-state index >= 15 is 0 Å². The van der Waals surface area contributed by atoms with Crippen LogP contribution in [-0.4, -0.2) is 54.3 Å². The van der Waals surface area contributed by atoms with Crippen LogP contribution in [0.1, 0.15) is 106 Å². The van der Waals surface area contributed by atoms with Crippen molar-refractivity contribution >= 4 is 5.78 Å². The highest BCUT2D eigenvalue weighted by Crippen LogP contribution is 2.15. The number of allylic oxidation sites excluding steroid dienone is 7. The topological polar surface area (TPSA) is 23.6 Å². The highest BCUT2D eigenvalue weighted by Gasteiger charge is 2.29. The second-order valence-corrected chi connectivity index (χ2v) is 10.7. The van der Waals surface area contributed by atoms with Gasteiger partial charge in [0.25, 0.3) is 0 Å². The Balaban J connectivity index is 2.35. The van der Waals surface area contributed by atoms with Crippen LogP contribution in [0.2, 0.25) is 0 Å². The van der Waals surface area contributed by atoms with E-state index < -0.39 is 0 Å². The molecule has 194 valence electrons. The Hall–Kier alpha value is -1.45. The van der Waals surface area contributed by atoms with E-state index in [1.807, 2.05) is 0 Å². The maximum Gasteiger partial charge on any atom is 0.148 e. The smallest absolute Gasteiger partial charge is 0.148 e. The Morgan fingerprint density at radius 2 is 1.32 bits per heavy atom. The van der Waals surface area contributed by atoms with E-state index in [1.54, 1.807) is 6.92 Å². The van der Waals surface area contributed by atoms with Gasteiger partial charge in [-0.25, -0.2) is 0 Å². The number of hydrogen-bond donors (Lipinski definition) is 0. The Kier molecular flexibility index (Phi) is 16.1. The van der Waals surface area contributed by atoms with Gasteiger partial charge in [0.15, 0.2) is 0 Å². The molecule has 1 aliphatic heterocycles. The first kappa shape index (κ1) is 30.6. The average Bonchev–Trinajstić information content (AvgIpc) is 2.78. The Bertz CT molecular complexity index is 709. The molecular weight excluding hydrogens is 416 g/mol. The standard InChI is InChI=1S/C31H54N2O/c1-8-9-10-21-33-24-23-32(25-31(33)30(7)34)22-20-29(6)19-13-18-28(5)17-12-16-27(4)15-11-14-26(2)3/h14,16,18,20,31H,8-13,15,17,19,21-25H2,1-7H3/b27-16+,28-18+,29-20+. The molecule has 0 aromatic rings. The van der Waals surface area contributed by atoms with Gasteiger partial charge >= 0.3 is 0 Å². The number of piperazine rings is 1. The minimum Gasteiger partial charge on any atom is -0.298 e. The van der Waals surface area contributed by atoms with E-state index in [2.05, 4.69) is 75.6 Å². The molecule has 3 nitrogen and oxygen atoms in total. The average molecular weight is 471 g/mol. The van der Waals surface area contributed by atoms with E-state index in [1.165, 1.54) is 48.0 Å². The zero-order chi connectivity index (χ0) is 25.3. The first-order valence-corrected chi connectivity index (χ1v) is 13.8. The second-order valence-electron chi connectivity index (χ2n) is 10.7. The molecular formula is C31H54N2O. The van der Waals surface area contributed by atoms with Crippen LogP contribution in [-0.2, 0) is 4.79 Å². The Morgan fingerprint density at radius 3 is 1.85 bits per heavy atom. The van der Waals surface area contributed by atoms with Gasteiger partial charge in [0.05, 0.1) is 6.04 Å². The van der Waals surface area contributed by atoms with Gasteiger partial charge < -0.3 is 0 Å². The number of carbonyl (C=O) groups is 1. The lowest BCUT2D eigenvalue weighted by molar-refractivity contribution is -0.124. The minimum absolute atomic E-state index is 0.0785. The summed E-state index contributed by atoms with van der Waals surface area (Å²) in [6.07, 6.45) is 20.2. The van der Waals surface area contributed by atoms with Gasteiger partial charge in [-0.1, -0.05) is 66.4 Å². The third-order valence-corrected chi connectivity index (χ3v) is 6.95. The van der Waals surface area contributed by atoms with Crippen molar-refractivity contribution in [3.63, 3.8) is 0 Å². The van der Waals surface area contributed by atoms with Crippen molar-refractivity contribution in [1.29, 1.82) is 0 Å². The lowest BCUT2D eigenvalue weighted by Gasteiger charge is -2.40. The summed E-state index contributed by atoms with van der Waals surface area (Å²) in [4.78, 5) is 17.1. The lowest BCUT2D eigenvalue weighted by atomic mass is 10.0. The van der Waals surface area contributed by atoms with Crippen molar-refractivity contribution in [2.75, 3.05) is 32.7 Å². The number of carbonyl (C=O) groups excluding carboxylic acids is 1. The summed E-state index contributed by atoms with van der Waals surface area (Å²) < 4.78 is 0. The summed E-state index contributed by atoms with van der Waals surface area (Å²) in [5.74, 6) is 0.320. The fourth-order valence-corrected chi connectivity index (χ4v) is 4.53. The molecule has 1 fully saturated rings. The van der Waals surface area contributed by atoms with Gasteiger partial charge in [-0.3, -0.25) is 14.6 Å². The fourth-order valence-electron chi connectivity index (χ4n) is 4.53. The van der Waals surface area contributed by atoms with Crippen LogP contribution in [0.5, 0.6) is 0 Å². The molecule has 1 saturated heterocycles. The minimum atomic E-state index is 0.0785. The number of rotatable bonds is 16. The molecule has 0 aliphatic carbocycles. The predicted molar refractivity (Wildman–Crippen MR) is 150 cm³/mol. The lowest BCUT2D eigenvalue weighted by Crippen LogP contribution is -2.56. The van der Waals surface area contributed by atoms with E-state index in [0.29, 0.717) is 5.78 Å². The zero-order valence-corrected chi connectivity index (χ0v) is 23.6. The van der Waals surface area contributed by atoms with Crippen LogP contribution < -0.4 is 0 Å². The summed E-state index contributed by atoms with van der Waals surface area (Å²) in [6, 6.07) is 0.0785. The highest BCUT2D eigenvalue weighted by molar-refractivity contribution is 5.81. The Labute approximate surface area is 212 Å². The number of unbranched alkanes of at least 4 members (excludes halogenated alkanes) is 2. The molecule has 1 heterocycles. The van der Waals surface area contributed by atoms with Crippen molar-refractivity contribution in [3.8, 4) is 0 Å². The molecule has 1 aliphatic rings. The van der Waals surface area contributed by atoms with Gasteiger partial charge in [0.2, 0.25) is 0 Å². The van der Waals surface area contributed by atoms with Gasteiger partial charge in [-0.15, -0.1) is 0 Å². The fraction of sp³-hybridized carbons (Fsp3) is 0.710. The molecule has 0 aromatic carbocycles. The third-order valence-electron chi connectivity index (χ3n) is 6.95. The van der Waals surface area contributed by atoms with E-state index in [9.17, 15) is 4.79 Å². The van der Waals surface area contributed by atoms with E-state index in [-0.39, 0.29) is 6.04 Å². The first-order valence-electron chi connectivity index (χ1n) is 13.8. The Morgan fingerprint density at radius 1 is 0.765 bits per heavy atom. The number of ketones is 1. The van der Waals surface area contributed by atoms with Crippen molar-refractivity contribution in [2.24, 2.45) is 0 Å². The number of nitrogens with zero attached hydrogens (tertiary/aromatic N) is 2. The van der Waals surface area contributed by atoms with Crippen molar-refractivity contribution in [1.82, 2.24) is 9.80 Å². The molecule has 0 N–H and O–H groups in total. The van der Waals surface area contributed by atoms with Crippen LogP contribution in [0.3, 0.4) is 0 Å². The summed E-state index contributed by atoms with van der Waals surface area (Å²) in [6.45, 7) is 20.1. The molecule has 0 radical (unpaired) electrons. The monoisotopic (exact) mass is 470 g/mol. The molecule has 3 heteroatoms. The van der Waals surface area contributed by atoms with Crippen LogP contribution in [0.25, 0.3) is 0 Å². The van der Waals surface area contributed by atoms with Gasteiger partial charge in [-0.05, 0) is 93.0 Å². The van der Waals surface area contributed by atoms with Gasteiger partial charge in [-0.2, -0.15) is 0 Å². The summed E-state index contributed by atoms with van der Waals surface area (Å²) in [5.41, 5.74) is 5.89. The van der Waals surface area contributed by atoms with E-state index in [0.717, 1.165) is 64.8 Å². The molecule has 1 rings (SSSR count). The maximum absolute atomic E-state index is 12.2. The van der Waals surface area contributed by atoms with Crippen molar-refractivity contribution in [3.05, 3.63) is 46.6 Å². The third kappa shape index (κ3) is 14.1. The molecule has 0 aromatic heterocycles. The van der Waals surface area contributed by atoms with Crippen molar-refractivity contribution < 1.29 is 4.79 Å². The molecule has 0 spiro atoms. The number of Topliss-reactive ketones (excluding diaryl/α,β-unsaturated/α-hetero) is 1. The van der Waals surface area contributed by atoms with Crippen LogP contribution in [0.4, 0.5) is 0 Å². The van der Waals surface area contributed by atoms with Gasteiger partial charge in [0.1, 0.15) is 5.78 Å². The first-order chi connectivity index (χ1) is 16.2. The quantitative estimate of drug-likeness (QED) is 0.169. The molecule has 1 atom stereocenters. The normalized spacial score (nSPS) is 18.9. The number of hydrogen-bond acceptors (Lipinski definition) is 3. The maximum atomic E-state index is 12.2. The SMILES string of the molecule is CCCCCN1CCN(C/C=C(\C)CC/C=C(\C)CC/C=C(\C)CCC=C(C)C)CC1C(C)=O. The molecule has 0 bridgehead atoms. The summed E-state index contributed by atoms with van der Waals surface area (Å²) >= 11 is 0. The van der Waals surface area contributed by atoms with E-state index in [4.69, 9.17) is 0 Å². The summed E-state index contributed by atoms with van der Waals surface area (Å²) in [5, 5.41) is 0. The zero-order valence-electron chi connectivity index (χ0n) is 23.6. The van der Waals surface area contributed by atoms with Crippen molar-refractivity contribution in [2.45, 2.75) is 112 Å². The summed E-state index contributed by atoms with van der Waals surface area (Å²) in [7, 11) is 0. The largest absolute Gasteiger partial charge is 0.298 e. The molecule has 34 heavy (non-hydrogen) atoms. The highest BCUT2D eigenvalue weighted by atomic mass is 16.1.